The third-order valence-corrected chi connectivity index (χ3v) is 10.3. The summed E-state index contributed by atoms with van der Waals surface area (Å²) in [6.45, 7) is 1.70. The number of aromatic nitrogens is 2. The van der Waals surface area contributed by atoms with Gasteiger partial charge in [0, 0.05) is 0 Å². The zero-order valence-electron chi connectivity index (χ0n) is 14.8. The average Bonchev–Trinajstić information content (AvgIpc) is 3.19. The Morgan fingerprint density at radius 1 is 0.704 bits per heavy atom. The summed E-state index contributed by atoms with van der Waals surface area (Å²) in [6, 6.07) is 15.9. The maximum absolute atomic E-state index is 12.3. The quantitative estimate of drug-likeness (QED) is 0.271. The predicted octanol–water partition coefficient (Wildman–Crippen LogP) is 2.64. The van der Waals surface area contributed by atoms with E-state index in [1.54, 1.807) is 0 Å². The Bertz CT molecular complexity index is 1080. The molecule has 0 aliphatic carbocycles. The summed E-state index contributed by atoms with van der Waals surface area (Å²) in [5.41, 5.74) is 0.398. The number of rotatable bonds is 8. The second-order valence-electron chi connectivity index (χ2n) is 6.31. The van der Waals surface area contributed by atoms with Gasteiger partial charge in [-0.2, -0.15) is 0 Å². The molecule has 0 radical (unpaired) electrons. The van der Waals surface area contributed by atoms with Gasteiger partial charge < -0.3 is 0 Å². The molecular formula is C20H20N2O2SSe2. The number of benzene rings is 2. The van der Waals surface area contributed by atoms with Gasteiger partial charge in [0.15, 0.2) is 0 Å². The second-order valence-corrected chi connectivity index (χ2v) is 12.0. The van der Waals surface area contributed by atoms with E-state index in [4.69, 9.17) is 0 Å². The van der Waals surface area contributed by atoms with Crippen molar-refractivity contribution in [3.8, 4) is 0 Å². The minimum absolute atomic E-state index is 0.144. The Kier molecular flexibility index (Phi) is 6.26. The van der Waals surface area contributed by atoms with Gasteiger partial charge in [0.25, 0.3) is 0 Å². The van der Waals surface area contributed by atoms with Gasteiger partial charge in [-0.15, -0.1) is 0 Å². The molecule has 0 saturated heterocycles. The van der Waals surface area contributed by atoms with Gasteiger partial charge in [-0.1, -0.05) is 0 Å². The second kappa shape index (κ2) is 8.85. The first kappa shape index (κ1) is 19.1. The molecule has 2 heterocycles. The molecule has 140 valence electrons. The molecular weight excluding hydrogens is 490 g/mol. The molecule has 0 N–H and O–H groups in total. The van der Waals surface area contributed by atoms with Crippen LogP contribution in [0.15, 0.2) is 58.1 Å². The first-order chi connectivity index (χ1) is 13.2. The van der Waals surface area contributed by atoms with Crippen molar-refractivity contribution >= 4 is 60.5 Å². The van der Waals surface area contributed by atoms with Crippen LogP contribution in [-0.4, -0.2) is 48.1 Å². The SMILES string of the molecule is O=c1c2ccccc2[se]n1CCCSCCCn1[se]c2ccccc2c1=O. The molecule has 0 saturated carbocycles. The summed E-state index contributed by atoms with van der Waals surface area (Å²) in [7, 11) is 0. The van der Waals surface area contributed by atoms with Gasteiger partial charge in [-0.05, 0) is 0 Å². The van der Waals surface area contributed by atoms with E-state index in [-0.39, 0.29) is 40.6 Å². The van der Waals surface area contributed by atoms with Crippen LogP contribution in [0.5, 0.6) is 0 Å². The zero-order valence-corrected chi connectivity index (χ0v) is 19.0. The summed E-state index contributed by atoms with van der Waals surface area (Å²) in [5.74, 6) is 2.13. The first-order valence-electron chi connectivity index (χ1n) is 8.99. The summed E-state index contributed by atoms with van der Waals surface area (Å²) >= 11 is 2.22. The number of nitrogens with zero attached hydrogens (tertiary/aromatic N) is 2. The van der Waals surface area contributed by atoms with Crippen molar-refractivity contribution in [2.24, 2.45) is 0 Å². The van der Waals surface area contributed by atoms with Crippen LogP contribution in [0.4, 0.5) is 0 Å². The molecule has 0 unspecified atom stereocenters. The standard InChI is InChI=1S/C20H20N2O2SSe2/c23-19-15-7-1-3-9-17(15)26-21(19)11-5-13-25-14-6-12-22-20(24)16-8-2-4-10-18(16)27-22/h1-4,7-10H,5-6,11-14H2. The molecule has 0 spiro atoms. The van der Waals surface area contributed by atoms with Gasteiger partial charge >= 0.3 is 174 Å². The molecule has 7 heteroatoms. The number of thioether (sulfide) groups is 1. The van der Waals surface area contributed by atoms with E-state index < -0.39 is 0 Å². The first-order valence-corrected chi connectivity index (χ1v) is 13.4. The Balaban J connectivity index is 1.21. The Labute approximate surface area is 173 Å². The normalized spacial score (nSPS) is 11.6. The fraction of sp³-hybridized carbons (Fsp3) is 0.300. The average molecular weight is 510 g/mol. The van der Waals surface area contributed by atoms with Crippen LogP contribution in [0.3, 0.4) is 0 Å². The van der Waals surface area contributed by atoms with Gasteiger partial charge in [-0.25, -0.2) is 0 Å². The molecule has 27 heavy (non-hydrogen) atoms. The third-order valence-electron chi connectivity index (χ3n) is 4.40. The molecule has 0 aliphatic heterocycles. The van der Waals surface area contributed by atoms with E-state index in [1.165, 1.54) is 8.52 Å². The molecule has 0 atom stereocenters. The zero-order chi connectivity index (χ0) is 18.6. The monoisotopic (exact) mass is 512 g/mol. The van der Waals surface area contributed by atoms with Gasteiger partial charge in [-0.3, -0.25) is 0 Å². The van der Waals surface area contributed by atoms with Gasteiger partial charge in [0.1, 0.15) is 0 Å². The van der Waals surface area contributed by atoms with E-state index in [0.717, 1.165) is 48.2 Å². The van der Waals surface area contributed by atoms with Crippen molar-refractivity contribution in [3.63, 3.8) is 0 Å². The van der Waals surface area contributed by atoms with Crippen molar-refractivity contribution < 1.29 is 0 Å². The van der Waals surface area contributed by atoms with E-state index in [9.17, 15) is 9.59 Å². The third kappa shape index (κ3) is 4.28. The van der Waals surface area contributed by atoms with Crippen LogP contribution >= 0.6 is 11.8 Å². The van der Waals surface area contributed by atoms with Crippen molar-refractivity contribution in [2.75, 3.05) is 11.5 Å². The molecule has 0 bridgehead atoms. The van der Waals surface area contributed by atoms with E-state index in [1.807, 2.05) is 55.3 Å². The number of aryl methyl sites for hydroxylation is 2. The van der Waals surface area contributed by atoms with E-state index in [2.05, 4.69) is 12.1 Å². The molecule has 2 aromatic carbocycles. The number of hydrogen-bond donors (Lipinski definition) is 0. The van der Waals surface area contributed by atoms with Gasteiger partial charge in [0.05, 0.1) is 0 Å². The van der Waals surface area contributed by atoms with Crippen LogP contribution in [0.2, 0.25) is 0 Å². The maximum atomic E-state index is 12.3. The molecule has 4 rings (SSSR count). The van der Waals surface area contributed by atoms with Crippen molar-refractivity contribution in [1.82, 2.24) is 7.12 Å². The van der Waals surface area contributed by atoms with Crippen LogP contribution in [-0.2, 0) is 13.1 Å². The molecule has 4 nitrogen and oxygen atoms in total. The molecule has 0 amide bonds. The summed E-state index contributed by atoms with van der Waals surface area (Å²) < 4.78 is 6.45. The Morgan fingerprint density at radius 2 is 1.15 bits per heavy atom. The molecule has 2 aromatic heterocycles. The molecule has 0 aliphatic rings. The van der Waals surface area contributed by atoms with Crippen LogP contribution < -0.4 is 11.1 Å². The fourth-order valence-electron chi connectivity index (χ4n) is 3.05. The predicted molar refractivity (Wildman–Crippen MR) is 117 cm³/mol. The summed E-state index contributed by atoms with van der Waals surface area (Å²) in [6.07, 6.45) is 2.06. The van der Waals surface area contributed by atoms with E-state index >= 15 is 0 Å². The Hall–Kier alpha value is -1.23. The number of hydrogen-bond acceptors (Lipinski definition) is 3. The minimum atomic E-state index is 0.144. The van der Waals surface area contributed by atoms with Crippen LogP contribution in [0.25, 0.3) is 19.3 Å². The number of fused-ring (bicyclic) bond motifs is 2. The van der Waals surface area contributed by atoms with Crippen molar-refractivity contribution in [3.05, 3.63) is 69.2 Å². The summed E-state index contributed by atoms with van der Waals surface area (Å²) in [4.78, 5) is 24.7. The van der Waals surface area contributed by atoms with Crippen molar-refractivity contribution in [2.45, 2.75) is 25.9 Å². The fourth-order valence-corrected chi connectivity index (χ4v) is 8.25. The topological polar surface area (TPSA) is 44.0 Å². The summed E-state index contributed by atoms with van der Waals surface area (Å²) in [5, 5.41) is 1.78. The van der Waals surface area contributed by atoms with Crippen LogP contribution in [0.1, 0.15) is 12.8 Å². The van der Waals surface area contributed by atoms with Gasteiger partial charge in [0.2, 0.25) is 0 Å². The Morgan fingerprint density at radius 3 is 1.59 bits per heavy atom. The molecule has 4 aromatic rings. The van der Waals surface area contributed by atoms with Crippen LogP contribution in [0, 0.1) is 0 Å². The van der Waals surface area contributed by atoms with E-state index in [0.29, 0.717) is 0 Å². The molecule has 0 fully saturated rings. The van der Waals surface area contributed by atoms with Crippen molar-refractivity contribution in [1.29, 1.82) is 0 Å².